The molecule has 0 unspecified atom stereocenters. The standard InChI is InChI=1S/C13H14FN.C2H6/c1-7-5-9(3)15-13-10(4)12(14)8(2)6-11(7)13;1-2/h5-6H,1-4H3;1-2H3. The van der Waals surface area contributed by atoms with Crippen LogP contribution in [0, 0.1) is 33.5 Å². The predicted molar refractivity (Wildman–Crippen MR) is 72.0 cm³/mol. The highest BCUT2D eigenvalue weighted by molar-refractivity contribution is 5.85. The highest BCUT2D eigenvalue weighted by Crippen LogP contribution is 2.25. The van der Waals surface area contributed by atoms with E-state index in [1.807, 2.05) is 39.8 Å². The van der Waals surface area contributed by atoms with Crippen LogP contribution in [-0.2, 0) is 0 Å². The van der Waals surface area contributed by atoms with Gasteiger partial charge in [0.2, 0.25) is 0 Å². The van der Waals surface area contributed by atoms with Gasteiger partial charge in [-0.05, 0) is 51.0 Å². The summed E-state index contributed by atoms with van der Waals surface area (Å²) in [6.07, 6.45) is 0. The van der Waals surface area contributed by atoms with E-state index in [-0.39, 0.29) is 5.82 Å². The minimum Gasteiger partial charge on any atom is -0.253 e. The highest BCUT2D eigenvalue weighted by atomic mass is 19.1. The van der Waals surface area contributed by atoms with Gasteiger partial charge in [-0.2, -0.15) is 0 Å². The third-order valence-corrected chi connectivity index (χ3v) is 2.79. The lowest BCUT2D eigenvalue weighted by Crippen LogP contribution is -1.95. The summed E-state index contributed by atoms with van der Waals surface area (Å²) in [5.41, 5.74) is 4.22. The Labute approximate surface area is 103 Å². The van der Waals surface area contributed by atoms with E-state index in [0.717, 1.165) is 22.2 Å². The maximum Gasteiger partial charge on any atom is 0.131 e. The molecule has 0 aliphatic heterocycles. The first kappa shape index (κ1) is 13.6. The number of rotatable bonds is 0. The molecule has 0 spiro atoms. The third-order valence-electron chi connectivity index (χ3n) is 2.79. The molecular formula is C15H20FN. The van der Waals surface area contributed by atoms with Crippen LogP contribution >= 0.6 is 0 Å². The molecule has 2 heteroatoms. The summed E-state index contributed by atoms with van der Waals surface area (Å²) in [5.74, 6) is -0.139. The normalized spacial score (nSPS) is 10.1. The Morgan fingerprint density at radius 3 is 2.12 bits per heavy atom. The van der Waals surface area contributed by atoms with Crippen LogP contribution in [0.4, 0.5) is 4.39 Å². The molecule has 0 aliphatic carbocycles. The average molecular weight is 233 g/mol. The van der Waals surface area contributed by atoms with Crippen LogP contribution in [0.3, 0.4) is 0 Å². The highest BCUT2D eigenvalue weighted by Gasteiger charge is 2.10. The molecule has 0 aliphatic rings. The molecule has 92 valence electrons. The fourth-order valence-electron chi connectivity index (χ4n) is 1.99. The van der Waals surface area contributed by atoms with E-state index >= 15 is 0 Å². The van der Waals surface area contributed by atoms with Gasteiger partial charge in [0.25, 0.3) is 0 Å². The van der Waals surface area contributed by atoms with Gasteiger partial charge >= 0.3 is 0 Å². The van der Waals surface area contributed by atoms with Crippen LogP contribution in [0.1, 0.15) is 36.2 Å². The van der Waals surface area contributed by atoms with Crippen LogP contribution in [0.15, 0.2) is 12.1 Å². The van der Waals surface area contributed by atoms with Crippen molar-refractivity contribution in [2.75, 3.05) is 0 Å². The number of halogens is 1. The van der Waals surface area contributed by atoms with Crippen LogP contribution in [0.25, 0.3) is 10.9 Å². The zero-order valence-electron chi connectivity index (χ0n) is 11.5. The van der Waals surface area contributed by atoms with Gasteiger partial charge < -0.3 is 0 Å². The summed E-state index contributed by atoms with van der Waals surface area (Å²) < 4.78 is 13.7. The van der Waals surface area contributed by atoms with Gasteiger partial charge in [-0.1, -0.05) is 13.8 Å². The van der Waals surface area contributed by atoms with Crippen molar-refractivity contribution < 1.29 is 4.39 Å². The number of aryl methyl sites for hydroxylation is 4. The van der Waals surface area contributed by atoms with Crippen molar-refractivity contribution in [3.63, 3.8) is 0 Å². The zero-order chi connectivity index (χ0) is 13.2. The molecule has 1 nitrogen and oxygen atoms in total. The summed E-state index contributed by atoms with van der Waals surface area (Å²) in [6, 6.07) is 3.90. The predicted octanol–water partition coefficient (Wildman–Crippen LogP) is 4.63. The van der Waals surface area contributed by atoms with Crippen molar-refractivity contribution in [3.05, 3.63) is 40.3 Å². The van der Waals surface area contributed by atoms with Crippen molar-refractivity contribution in [2.45, 2.75) is 41.5 Å². The summed E-state index contributed by atoms with van der Waals surface area (Å²) in [6.45, 7) is 11.6. The van der Waals surface area contributed by atoms with Gasteiger partial charge in [0.15, 0.2) is 0 Å². The fraction of sp³-hybridized carbons (Fsp3) is 0.400. The Balaban J connectivity index is 0.000000686. The molecule has 1 aromatic carbocycles. The van der Waals surface area contributed by atoms with Gasteiger partial charge in [-0.25, -0.2) is 4.39 Å². The maximum atomic E-state index is 13.7. The van der Waals surface area contributed by atoms with E-state index in [9.17, 15) is 4.39 Å². The van der Waals surface area contributed by atoms with E-state index in [1.54, 1.807) is 13.8 Å². The summed E-state index contributed by atoms with van der Waals surface area (Å²) in [7, 11) is 0. The summed E-state index contributed by atoms with van der Waals surface area (Å²) in [4.78, 5) is 4.40. The second-order valence-corrected chi connectivity index (χ2v) is 4.11. The first-order chi connectivity index (χ1) is 8.00. The zero-order valence-corrected chi connectivity index (χ0v) is 11.5. The Morgan fingerprint density at radius 1 is 0.941 bits per heavy atom. The lowest BCUT2D eigenvalue weighted by molar-refractivity contribution is 0.611. The third kappa shape index (κ3) is 2.46. The molecule has 0 saturated heterocycles. The number of fused-ring (bicyclic) bond motifs is 1. The lowest BCUT2D eigenvalue weighted by atomic mass is 10.0. The number of hydrogen-bond acceptors (Lipinski definition) is 1. The topological polar surface area (TPSA) is 12.9 Å². The maximum absolute atomic E-state index is 13.7. The van der Waals surface area contributed by atoms with Gasteiger partial charge in [0.1, 0.15) is 5.82 Å². The molecule has 0 saturated carbocycles. The lowest BCUT2D eigenvalue weighted by Gasteiger charge is -2.09. The van der Waals surface area contributed by atoms with Crippen molar-refractivity contribution in [3.8, 4) is 0 Å². The first-order valence-electron chi connectivity index (χ1n) is 6.04. The molecule has 0 fully saturated rings. The monoisotopic (exact) mass is 233 g/mol. The summed E-state index contributed by atoms with van der Waals surface area (Å²) >= 11 is 0. The molecule has 2 aromatic rings. The molecule has 1 heterocycles. The molecule has 17 heavy (non-hydrogen) atoms. The summed E-state index contributed by atoms with van der Waals surface area (Å²) in [5, 5.41) is 1.05. The average Bonchev–Trinajstić information content (AvgIpc) is 2.31. The van der Waals surface area contributed by atoms with E-state index < -0.39 is 0 Å². The fourth-order valence-corrected chi connectivity index (χ4v) is 1.99. The van der Waals surface area contributed by atoms with Crippen molar-refractivity contribution in [2.24, 2.45) is 0 Å². The number of pyridine rings is 1. The minimum absolute atomic E-state index is 0.139. The second-order valence-electron chi connectivity index (χ2n) is 4.11. The molecule has 0 radical (unpaired) electrons. The first-order valence-corrected chi connectivity index (χ1v) is 6.04. The van der Waals surface area contributed by atoms with Crippen LogP contribution < -0.4 is 0 Å². The van der Waals surface area contributed by atoms with E-state index in [0.29, 0.717) is 11.1 Å². The molecule has 2 rings (SSSR count). The van der Waals surface area contributed by atoms with Gasteiger partial charge in [0.05, 0.1) is 5.52 Å². The van der Waals surface area contributed by atoms with E-state index in [2.05, 4.69) is 4.98 Å². The Morgan fingerprint density at radius 2 is 1.53 bits per heavy atom. The number of aromatic nitrogens is 1. The molecule has 0 bridgehead atoms. The van der Waals surface area contributed by atoms with E-state index in [1.165, 1.54) is 0 Å². The molecular weight excluding hydrogens is 213 g/mol. The van der Waals surface area contributed by atoms with Crippen LogP contribution in [0.2, 0.25) is 0 Å². The number of nitrogens with zero attached hydrogens (tertiary/aromatic N) is 1. The quantitative estimate of drug-likeness (QED) is 0.646. The number of hydrogen-bond donors (Lipinski definition) is 0. The van der Waals surface area contributed by atoms with Crippen molar-refractivity contribution in [1.82, 2.24) is 4.98 Å². The van der Waals surface area contributed by atoms with Gasteiger partial charge in [-0.15, -0.1) is 0 Å². The van der Waals surface area contributed by atoms with E-state index in [4.69, 9.17) is 0 Å². The van der Waals surface area contributed by atoms with Crippen molar-refractivity contribution >= 4 is 10.9 Å². The molecule has 0 amide bonds. The smallest absolute Gasteiger partial charge is 0.131 e. The minimum atomic E-state index is -0.139. The van der Waals surface area contributed by atoms with Gasteiger partial charge in [-0.3, -0.25) is 4.98 Å². The molecule has 1 aromatic heterocycles. The second kappa shape index (κ2) is 5.26. The largest absolute Gasteiger partial charge is 0.253 e. The Hall–Kier alpha value is -1.44. The molecule has 0 N–H and O–H groups in total. The SMILES string of the molecule is CC.Cc1cc(C)c2cc(C)c(F)c(C)c2n1. The Kier molecular flexibility index (Phi) is 4.22. The Bertz CT molecular complexity index is 544. The van der Waals surface area contributed by atoms with Gasteiger partial charge in [0, 0.05) is 16.6 Å². The van der Waals surface area contributed by atoms with Crippen LogP contribution in [-0.4, -0.2) is 4.98 Å². The van der Waals surface area contributed by atoms with Crippen molar-refractivity contribution in [1.29, 1.82) is 0 Å². The number of benzene rings is 1. The molecule has 0 atom stereocenters. The van der Waals surface area contributed by atoms with Crippen LogP contribution in [0.5, 0.6) is 0 Å².